The molecule has 1 aliphatic heterocycles. The smallest absolute Gasteiger partial charge is 0.220 e. The fraction of sp³-hybridized carbons (Fsp3) is 0.333. The van der Waals surface area contributed by atoms with Crippen LogP contribution in [0.5, 0.6) is 0 Å². The minimum Gasteiger partial charge on any atom is -0.377 e. The largest absolute Gasteiger partial charge is 0.377 e. The molecule has 2 heterocycles. The molecule has 0 amide bonds. The van der Waals surface area contributed by atoms with Gasteiger partial charge in [-0.3, -0.25) is 0 Å². The molecule has 68 valence electrons. The van der Waals surface area contributed by atoms with Crippen molar-refractivity contribution < 1.29 is 4.74 Å². The van der Waals surface area contributed by atoms with Gasteiger partial charge in [0.2, 0.25) is 5.95 Å². The van der Waals surface area contributed by atoms with E-state index in [1.807, 2.05) is 12.1 Å². The van der Waals surface area contributed by atoms with Crippen molar-refractivity contribution in [1.82, 2.24) is 9.97 Å². The second-order valence-electron chi connectivity index (χ2n) is 2.94. The average Bonchev–Trinajstić information content (AvgIpc) is 2.57. The fourth-order valence-electron chi connectivity index (χ4n) is 1.27. The van der Waals surface area contributed by atoms with Crippen molar-refractivity contribution in [2.24, 2.45) is 0 Å². The Morgan fingerprint density at radius 3 is 3.15 bits per heavy atom. The monoisotopic (exact) mass is 177 g/mol. The van der Waals surface area contributed by atoms with Crippen LogP contribution in [0.1, 0.15) is 12.1 Å². The maximum atomic E-state index is 5.45. The zero-order valence-corrected chi connectivity index (χ0v) is 7.23. The third kappa shape index (κ3) is 2.03. The number of nitrogen functional groups attached to an aromatic ring is 1. The van der Waals surface area contributed by atoms with Gasteiger partial charge in [0.25, 0.3) is 0 Å². The van der Waals surface area contributed by atoms with Crippen LogP contribution in [0.3, 0.4) is 0 Å². The molecule has 13 heavy (non-hydrogen) atoms. The van der Waals surface area contributed by atoms with Crippen LogP contribution in [-0.4, -0.2) is 23.2 Å². The highest BCUT2D eigenvalue weighted by Gasteiger charge is 2.06. The summed E-state index contributed by atoms with van der Waals surface area (Å²) in [6.45, 7) is 1.52. The van der Waals surface area contributed by atoms with Gasteiger partial charge in [-0.2, -0.15) is 0 Å². The first-order chi connectivity index (χ1) is 6.34. The van der Waals surface area contributed by atoms with E-state index in [0.29, 0.717) is 12.6 Å². The zero-order chi connectivity index (χ0) is 9.10. The van der Waals surface area contributed by atoms with Gasteiger partial charge in [-0.05, 0) is 24.1 Å². The van der Waals surface area contributed by atoms with Crippen molar-refractivity contribution in [1.29, 1.82) is 0 Å². The van der Waals surface area contributed by atoms with Crippen molar-refractivity contribution in [2.45, 2.75) is 6.42 Å². The summed E-state index contributed by atoms with van der Waals surface area (Å²) in [5.41, 5.74) is 7.57. The van der Waals surface area contributed by atoms with Crippen molar-refractivity contribution >= 4 is 12.0 Å². The summed E-state index contributed by atoms with van der Waals surface area (Å²) in [7, 11) is 0. The first-order valence-electron chi connectivity index (χ1n) is 4.20. The normalized spacial score (nSPS) is 19.5. The van der Waals surface area contributed by atoms with Crippen LogP contribution in [-0.2, 0) is 4.74 Å². The molecular weight excluding hydrogens is 166 g/mol. The van der Waals surface area contributed by atoms with Gasteiger partial charge < -0.3 is 10.5 Å². The molecule has 1 aliphatic rings. The summed E-state index contributed by atoms with van der Waals surface area (Å²) in [5, 5.41) is 0. The molecule has 0 aromatic carbocycles. The van der Waals surface area contributed by atoms with E-state index in [9.17, 15) is 0 Å². The summed E-state index contributed by atoms with van der Waals surface area (Å²) < 4.78 is 5.22. The van der Waals surface area contributed by atoms with E-state index in [4.69, 9.17) is 10.5 Å². The zero-order valence-electron chi connectivity index (χ0n) is 7.23. The molecule has 2 N–H and O–H groups in total. The number of hydrogen-bond acceptors (Lipinski definition) is 4. The van der Waals surface area contributed by atoms with Gasteiger partial charge in [0.15, 0.2) is 0 Å². The molecule has 1 fully saturated rings. The predicted octanol–water partition coefficient (Wildman–Crippen LogP) is 0.862. The first kappa shape index (κ1) is 8.19. The molecule has 2 rings (SSSR count). The van der Waals surface area contributed by atoms with Crippen LogP contribution in [0, 0.1) is 0 Å². The Hall–Kier alpha value is -1.42. The summed E-state index contributed by atoms with van der Waals surface area (Å²) in [5.74, 6) is 0.313. The number of hydrogen-bond donors (Lipinski definition) is 1. The van der Waals surface area contributed by atoms with Crippen molar-refractivity contribution in [3.8, 4) is 0 Å². The molecule has 0 bridgehead atoms. The van der Waals surface area contributed by atoms with E-state index >= 15 is 0 Å². The first-order valence-corrected chi connectivity index (χ1v) is 4.20. The molecule has 1 saturated heterocycles. The molecule has 0 saturated carbocycles. The second kappa shape index (κ2) is 3.53. The molecule has 0 aliphatic carbocycles. The van der Waals surface area contributed by atoms with Crippen LogP contribution in [0.25, 0.3) is 6.08 Å². The molecule has 0 atom stereocenters. The Morgan fingerprint density at radius 1 is 1.54 bits per heavy atom. The Kier molecular flexibility index (Phi) is 2.23. The van der Waals surface area contributed by atoms with Crippen LogP contribution in [0.15, 0.2) is 17.8 Å². The van der Waals surface area contributed by atoms with Gasteiger partial charge in [-0.1, -0.05) is 0 Å². The maximum Gasteiger partial charge on any atom is 0.220 e. The van der Waals surface area contributed by atoms with Crippen molar-refractivity contribution in [3.05, 3.63) is 23.5 Å². The van der Waals surface area contributed by atoms with Crippen molar-refractivity contribution in [2.75, 3.05) is 18.9 Å². The van der Waals surface area contributed by atoms with Gasteiger partial charge in [-0.15, -0.1) is 0 Å². The van der Waals surface area contributed by atoms with E-state index in [2.05, 4.69) is 9.97 Å². The lowest BCUT2D eigenvalue weighted by Gasteiger charge is -1.95. The summed E-state index contributed by atoms with van der Waals surface area (Å²) in [6, 6.07) is 1.84. The lowest BCUT2D eigenvalue weighted by atomic mass is 10.2. The predicted molar refractivity (Wildman–Crippen MR) is 49.9 cm³/mol. The van der Waals surface area contributed by atoms with Gasteiger partial charge >= 0.3 is 0 Å². The Bertz CT molecular complexity index is 327. The number of ether oxygens (including phenoxy) is 1. The quantitative estimate of drug-likeness (QED) is 0.691. The van der Waals surface area contributed by atoms with Crippen molar-refractivity contribution in [3.63, 3.8) is 0 Å². The number of aromatic nitrogens is 2. The summed E-state index contributed by atoms with van der Waals surface area (Å²) in [4.78, 5) is 7.89. The Balaban J connectivity index is 2.21. The maximum absolute atomic E-state index is 5.45. The lowest BCUT2D eigenvalue weighted by Crippen LogP contribution is -1.95. The standard InChI is InChI=1S/C9H11N3O/c10-9-11-3-1-8(12-9)5-7-2-4-13-6-7/h1,3,5H,2,4,6H2,(H2,10,11,12). The molecule has 0 spiro atoms. The molecule has 1 aromatic heterocycles. The molecule has 4 nitrogen and oxygen atoms in total. The highest BCUT2D eigenvalue weighted by atomic mass is 16.5. The SMILES string of the molecule is Nc1nccc(C=C2CCOC2)n1. The summed E-state index contributed by atoms with van der Waals surface area (Å²) >= 11 is 0. The minimum atomic E-state index is 0.313. The fourth-order valence-corrected chi connectivity index (χ4v) is 1.27. The van der Waals surface area contributed by atoms with Gasteiger partial charge in [0.05, 0.1) is 18.9 Å². The molecule has 4 heteroatoms. The lowest BCUT2D eigenvalue weighted by molar-refractivity contribution is 0.205. The second-order valence-corrected chi connectivity index (χ2v) is 2.94. The van der Waals surface area contributed by atoms with Gasteiger partial charge in [-0.25, -0.2) is 9.97 Å². The number of rotatable bonds is 1. The van der Waals surface area contributed by atoms with E-state index in [1.54, 1.807) is 6.20 Å². The molecule has 0 radical (unpaired) electrons. The van der Waals surface area contributed by atoms with E-state index in [-0.39, 0.29) is 0 Å². The molecule has 0 unspecified atom stereocenters. The Morgan fingerprint density at radius 2 is 2.46 bits per heavy atom. The van der Waals surface area contributed by atoms with Gasteiger partial charge in [0.1, 0.15) is 0 Å². The van der Waals surface area contributed by atoms with Crippen LogP contribution >= 0.6 is 0 Å². The number of nitrogens with zero attached hydrogens (tertiary/aromatic N) is 2. The highest BCUT2D eigenvalue weighted by Crippen LogP contribution is 2.14. The Labute approximate surface area is 76.5 Å². The molecular formula is C9H11N3O. The topological polar surface area (TPSA) is 61.0 Å². The van der Waals surface area contributed by atoms with E-state index in [0.717, 1.165) is 18.7 Å². The summed E-state index contributed by atoms with van der Waals surface area (Å²) in [6.07, 6.45) is 4.65. The average molecular weight is 177 g/mol. The highest BCUT2D eigenvalue weighted by molar-refractivity contribution is 5.50. The number of nitrogens with two attached hydrogens (primary N) is 1. The van der Waals surface area contributed by atoms with Gasteiger partial charge in [0, 0.05) is 6.20 Å². The molecule has 1 aromatic rings. The number of anilines is 1. The third-order valence-electron chi connectivity index (χ3n) is 1.90. The minimum absolute atomic E-state index is 0.313. The van der Waals surface area contributed by atoms with E-state index < -0.39 is 0 Å². The van der Waals surface area contributed by atoms with E-state index in [1.165, 1.54) is 5.57 Å². The third-order valence-corrected chi connectivity index (χ3v) is 1.90. The van der Waals surface area contributed by atoms with Crippen LogP contribution in [0.4, 0.5) is 5.95 Å². The van der Waals surface area contributed by atoms with Crippen LogP contribution in [0.2, 0.25) is 0 Å². The van der Waals surface area contributed by atoms with Crippen LogP contribution < -0.4 is 5.73 Å².